The first-order valence-corrected chi connectivity index (χ1v) is 6.47. The van der Waals surface area contributed by atoms with E-state index in [0.717, 1.165) is 4.90 Å². The summed E-state index contributed by atoms with van der Waals surface area (Å²) in [5.74, 6) is 0. The molecule has 0 saturated carbocycles. The molecule has 0 bridgehead atoms. The van der Waals surface area contributed by atoms with Crippen molar-refractivity contribution in [3.8, 4) is 6.07 Å². The molecular weight excluding hydrogens is 289 g/mol. The molecule has 1 aromatic heterocycles. The molecule has 0 aliphatic rings. The van der Waals surface area contributed by atoms with Gasteiger partial charge in [-0.3, -0.25) is 0 Å². The van der Waals surface area contributed by atoms with Crippen molar-refractivity contribution in [1.29, 1.82) is 5.26 Å². The molecule has 2 aromatic rings. The Labute approximate surface area is 119 Å². The number of nitrogens with zero attached hydrogens (tertiary/aromatic N) is 2. The van der Waals surface area contributed by atoms with Gasteiger partial charge in [0, 0.05) is 9.92 Å². The van der Waals surface area contributed by atoms with Crippen molar-refractivity contribution in [2.75, 3.05) is 5.73 Å². The number of aromatic nitrogens is 1. The highest BCUT2D eigenvalue weighted by Gasteiger charge is 2.07. The Morgan fingerprint density at radius 3 is 2.72 bits per heavy atom. The number of hydrogen-bond acceptors (Lipinski definition) is 4. The predicted octanol–water partition coefficient (Wildman–Crippen LogP) is 3.99. The summed E-state index contributed by atoms with van der Waals surface area (Å²) in [6.45, 7) is 0. The third-order valence-corrected chi connectivity index (χ3v) is 3.79. The van der Waals surface area contributed by atoms with Crippen molar-refractivity contribution in [2.24, 2.45) is 0 Å². The number of rotatable bonds is 2. The molecular formula is C12H7Cl2N3S. The highest BCUT2D eigenvalue weighted by atomic mass is 35.5. The summed E-state index contributed by atoms with van der Waals surface area (Å²) in [4.78, 5) is 4.91. The van der Waals surface area contributed by atoms with Crippen LogP contribution in [-0.4, -0.2) is 4.98 Å². The fourth-order valence-corrected chi connectivity index (χ4v) is 2.59. The van der Waals surface area contributed by atoms with Gasteiger partial charge >= 0.3 is 0 Å². The van der Waals surface area contributed by atoms with Crippen LogP contribution in [0.3, 0.4) is 0 Å². The normalized spacial score (nSPS) is 10.1. The predicted molar refractivity (Wildman–Crippen MR) is 73.9 cm³/mol. The van der Waals surface area contributed by atoms with Gasteiger partial charge in [0.25, 0.3) is 0 Å². The van der Waals surface area contributed by atoms with Gasteiger partial charge in [0.2, 0.25) is 0 Å². The minimum Gasteiger partial charge on any atom is -0.396 e. The molecule has 0 atom stereocenters. The molecule has 0 fully saturated rings. The Balaban J connectivity index is 2.34. The largest absolute Gasteiger partial charge is 0.396 e. The van der Waals surface area contributed by atoms with Crippen LogP contribution in [0.5, 0.6) is 0 Å². The fourth-order valence-electron chi connectivity index (χ4n) is 1.27. The number of nitrogens with two attached hydrogens (primary N) is 1. The van der Waals surface area contributed by atoms with Crippen molar-refractivity contribution in [2.45, 2.75) is 9.92 Å². The Morgan fingerprint density at radius 2 is 2.00 bits per heavy atom. The van der Waals surface area contributed by atoms with Crippen LogP contribution in [0.15, 0.2) is 40.3 Å². The number of anilines is 1. The zero-order valence-corrected chi connectivity index (χ0v) is 11.4. The van der Waals surface area contributed by atoms with E-state index in [9.17, 15) is 0 Å². The summed E-state index contributed by atoms with van der Waals surface area (Å²) >= 11 is 13.3. The summed E-state index contributed by atoms with van der Waals surface area (Å²) in [7, 11) is 0. The van der Waals surface area contributed by atoms with Crippen LogP contribution in [0, 0.1) is 11.3 Å². The van der Waals surface area contributed by atoms with Gasteiger partial charge in [-0.15, -0.1) is 0 Å². The van der Waals surface area contributed by atoms with E-state index in [-0.39, 0.29) is 5.69 Å². The van der Waals surface area contributed by atoms with E-state index >= 15 is 0 Å². The maximum Gasteiger partial charge on any atom is 0.164 e. The lowest BCUT2D eigenvalue weighted by atomic mass is 10.3. The van der Waals surface area contributed by atoms with E-state index in [4.69, 9.17) is 34.2 Å². The SMILES string of the molecule is N#Cc1nc(Sc2cc(Cl)ccc2Cl)ccc1N. The third kappa shape index (κ3) is 2.88. The standard InChI is InChI=1S/C12H7Cl2N3S/c13-7-1-2-8(14)11(5-7)18-12-4-3-9(16)10(6-15)17-12/h1-5H,16H2. The Morgan fingerprint density at radius 1 is 1.22 bits per heavy atom. The van der Waals surface area contributed by atoms with Crippen molar-refractivity contribution in [3.63, 3.8) is 0 Å². The first-order valence-electron chi connectivity index (χ1n) is 4.89. The second-order valence-corrected chi connectivity index (χ2v) is 5.28. The number of hydrogen-bond donors (Lipinski definition) is 1. The third-order valence-electron chi connectivity index (χ3n) is 2.11. The molecule has 0 unspecified atom stereocenters. The molecule has 2 rings (SSSR count). The minimum absolute atomic E-state index is 0.207. The van der Waals surface area contributed by atoms with E-state index in [0.29, 0.717) is 20.8 Å². The van der Waals surface area contributed by atoms with Crippen LogP contribution in [0.25, 0.3) is 0 Å². The minimum atomic E-state index is 0.207. The van der Waals surface area contributed by atoms with Crippen LogP contribution in [-0.2, 0) is 0 Å². The van der Waals surface area contributed by atoms with Crippen molar-refractivity contribution in [1.82, 2.24) is 4.98 Å². The highest BCUT2D eigenvalue weighted by molar-refractivity contribution is 7.99. The molecule has 0 amide bonds. The van der Waals surface area contributed by atoms with E-state index in [1.807, 2.05) is 6.07 Å². The van der Waals surface area contributed by atoms with Gasteiger partial charge in [-0.2, -0.15) is 5.26 Å². The molecule has 6 heteroatoms. The second kappa shape index (κ2) is 5.49. The Kier molecular flexibility index (Phi) is 3.97. The van der Waals surface area contributed by atoms with Gasteiger partial charge in [0.15, 0.2) is 5.69 Å². The van der Waals surface area contributed by atoms with Crippen molar-refractivity contribution >= 4 is 40.7 Å². The molecule has 18 heavy (non-hydrogen) atoms. The number of benzene rings is 1. The Hall–Kier alpha value is -1.41. The highest BCUT2D eigenvalue weighted by Crippen LogP contribution is 2.34. The van der Waals surface area contributed by atoms with Gasteiger partial charge in [0.05, 0.1) is 10.7 Å². The van der Waals surface area contributed by atoms with Crippen LogP contribution < -0.4 is 5.73 Å². The summed E-state index contributed by atoms with van der Waals surface area (Å²) in [5.41, 5.74) is 6.17. The van der Waals surface area contributed by atoms with Crippen LogP contribution >= 0.6 is 35.0 Å². The van der Waals surface area contributed by atoms with E-state index in [1.165, 1.54) is 11.8 Å². The first kappa shape index (κ1) is 13.0. The molecule has 0 aliphatic heterocycles. The molecule has 1 heterocycles. The molecule has 0 radical (unpaired) electrons. The summed E-state index contributed by atoms with van der Waals surface area (Å²) < 4.78 is 0. The molecule has 0 saturated heterocycles. The molecule has 0 aliphatic carbocycles. The van der Waals surface area contributed by atoms with Gasteiger partial charge in [-0.1, -0.05) is 35.0 Å². The molecule has 0 spiro atoms. The summed E-state index contributed by atoms with van der Waals surface area (Å²) in [6.07, 6.45) is 0. The summed E-state index contributed by atoms with van der Waals surface area (Å²) in [6, 6.07) is 10.5. The second-order valence-electron chi connectivity index (χ2n) is 3.38. The van der Waals surface area contributed by atoms with Crippen molar-refractivity contribution < 1.29 is 0 Å². The van der Waals surface area contributed by atoms with Crippen LogP contribution in [0.4, 0.5) is 5.69 Å². The average molecular weight is 296 g/mol. The molecule has 90 valence electrons. The Bertz CT molecular complexity index is 638. The topological polar surface area (TPSA) is 62.7 Å². The van der Waals surface area contributed by atoms with Gasteiger partial charge in [-0.25, -0.2) is 4.98 Å². The lowest BCUT2D eigenvalue weighted by molar-refractivity contribution is 1.11. The molecule has 3 nitrogen and oxygen atoms in total. The van der Waals surface area contributed by atoms with Gasteiger partial charge in [0.1, 0.15) is 11.1 Å². The average Bonchev–Trinajstić information content (AvgIpc) is 2.36. The quantitative estimate of drug-likeness (QED) is 0.910. The van der Waals surface area contributed by atoms with Crippen molar-refractivity contribution in [3.05, 3.63) is 46.1 Å². The molecule has 1 aromatic carbocycles. The maximum atomic E-state index is 8.86. The van der Waals surface area contributed by atoms with E-state index in [1.54, 1.807) is 30.3 Å². The first-order chi connectivity index (χ1) is 8.60. The smallest absolute Gasteiger partial charge is 0.164 e. The number of nitriles is 1. The number of pyridine rings is 1. The zero-order valence-electron chi connectivity index (χ0n) is 9.02. The summed E-state index contributed by atoms with van der Waals surface area (Å²) in [5, 5.41) is 10.7. The van der Waals surface area contributed by atoms with E-state index in [2.05, 4.69) is 4.98 Å². The fraction of sp³-hybridized carbons (Fsp3) is 0. The monoisotopic (exact) mass is 295 g/mol. The maximum absolute atomic E-state index is 8.86. The molecule has 2 N–H and O–H groups in total. The van der Waals surface area contributed by atoms with Gasteiger partial charge in [-0.05, 0) is 30.3 Å². The zero-order chi connectivity index (χ0) is 13.1. The lowest BCUT2D eigenvalue weighted by Crippen LogP contribution is -1.94. The van der Waals surface area contributed by atoms with E-state index < -0.39 is 0 Å². The van der Waals surface area contributed by atoms with Crippen LogP contribution in [0.2, 0.25) is 10.0 Å². The van der Waals surface area contributed by atoms with Crippen LogP contribution in [0.1, 0.15) is 5.69 Å². The van der Waals surface area contributed by atoms with Gasteiger partial charge < -0.3 is 5.73 Å². The lowest BCUT2D eigenvalue weighted by Gasteiger charge is -2.05. The number of halogens is 2. The number of nitrogen functional groups attached to an aromatic ring is 1.